The van der Waals surface area contributed by atoms with Gasteiger partial charge < -0.3 is 4.74 Å². The number of ether oxygens (including phenoxy) is 1. The Kier molecular flexibility index (Phi) is 2.95. The summed E-state index contributed by atoms with van der Waals surface area (Å²) in [6.45, 7) is 1.08. The highest BCUT2D eigenvalue weighted by Crippen LogP contribution is 2.45. The van der Waals surface area contributed by atoms with Crippen molar-refractivity contribution < 1.29 is 4.74 Å². The topological polar surface area (TPSA) is 12.5 Å². The molecule has 2 aliphatic heterocycles. The van der Waals surface area contributed by atoms with Gasteiger partial charge >= 0.3 is 0 Å². The molecular weight excluding hydrogens is 242 g/mol. The highest BCUT2D eigenvalue weighted by atomic mass is 35.5. The normalized spacial score (nSPS) is 27.7. The molecule has 1 saturated heterocycles. The highest BCUT2D eigenvalue weighted by molar-refractivity contribution is 7.80. The van der Waals surface area contributed by atoms with Crippen molar-refractivity contribution in [2.75, 3.05) is 13.6 Å². The third kappa shape index (κ3) is 1.39. The van der Waals surface area contributed by atoms with E-state index in [-0.39, 0.29) is 18.1 Å². The summed E-state index contributed by atoms with van der Waals surface area (Å²) >= 11 is 5.29. The Morgan fingerprint density at radius 3 is 2.81 bits per heavy atom. The van der Waals surface area contributed by atoms with Gasteiger partial charge in [0, 0.05) is 24.1 Å². The van der Waals surface area contributed by atoms with Gasteiger partial charge in [0.25, 0.3) is 0 Å². The first-order valence-corrected chi connectivity index (χ1v) is 5.69. The molecule has 1 atom stereocenters. The van der Waals surface area contributed by atoms with Gasteiger partial charge in [-0.2, -0.15) is 0 Å². The zero-order valence-corrected chi connectivity index (χ0v) is 10.7. The maximum Gasteiger partial charge on any atom is 0.194 e. The van der Waals surface area contributed by atoms with Gasteiger partial charge in [0.2, 0.25) is 0 Å². The zero-order chi connectivity index (χ0) is 10.5. The molecule has 86 valence electrons. The van der Waals surface area contributed by atoms with Crippen LogP contribution in [0.2, 0.25) is 0 Å². The molecule has 3 rings (SSSR count). The molecule has 2 nitrogen and oxygen atoms in total. The molecule has 16 heavy (non-hydrogen) atoms. The number of hydrogen-bond acceptors (Lipinski definition) is 3. The van der Waals surface area contributed by atoms with Crippen LogP contribution in [0.15, 0.2) is 24.3 Å². The van der Waals surface area contributed by atoms with Gasteiger partial charge in [0.05, 0.1) is 0 Å². The van der Waals surface area contributed by atoms with Crippen LogP contribution in [-0.2, 0) is 10.5 Å². The molecule has 0 bridgehead atoms. The van der Waals surface area contributed by atoms with E-state index in [1.807, 2.05) is 6.07 Å². The first-order chi connectivity index (χ1) is 7.24. The summed E-state index contributed by atoms with van der Waals surface area (Å²) in [5.41, 5.74) is 2.09. The molecule has 1 aromatic carbocycles. The molecule has 0 saturated carbocycles. The van der Waals surface area contributed by atoms with Gasteiger partial charge in [0.1, 0.15) is 0 Å². The van der Waals surface area contributed by atoms with Crippen LogP contribution >= 0.6 is 24.6 Å². The number of halogens is 1. The molecule has 1 unspecified atom stereocenters. The van der Waals surface area contributed by atoms with E-state index in [1.54, 1.807) is 0 Å². The van der Waals surface area contributed by atoms with Crippen molar-refractivity contribution in [2.24, 2.45) is 0 Å². The lowest BCUT2D eigenvalue weighted by atomic mass is 9.98. The van der Waals surface area contributed by atoms with Gasteiger partial charge in [-0.1, -0.05) is 18.2 Å². The van der Waals surface area contributed by atoms with Crippen LogP contribution in [0.1, 0.15) is 24.0 Å². The second kappa shape index (κ2) is 3.99. The molecule has 0 amide bonds. The smallest absolute Gasteiger partial charge is 0.194 e. The van der Waals surface area contributed by atoms with E-state index in [0.717, 1.165) is 18.5 Å². The second-order valence-corrected chi connectivity index (χ2v) is 4.62. The first kappa shape index (κ1) is 11.8. The van der Waals surface area contributed by atoms with E-state index in [2.05, 4.69) is 30.1 Å². The Morgan fingerprint density at radius 2 is 2.12 bits per heavy atom. The number of likely N-dealkylation sites (tertiary alicyclic amines) is 1. The summed E-state index contributed by atoms with van der Waals surface area (Å²) in [4.78, 5) is 2.27. The van der Waals surface area contributed by atoms with Gasteiger partial charge in [-0.15, -0.1) is 12.4 Å². The Balaban J connectivity index is 0.000000963. The van der Waals surface area contributed by atoms with Gasteiger partial charge in [-0.25, -0.2) is 0 Å². The van der Waals surface area contributed by atoms with E-state index in [4.69, 9.17) is 17.0 Å². The SMILES string of the molecule is CN1CCCC12OC(=S)c1ccccc12.Cl. The average Bonchev–Trinajstić information content (AvgIpc) is 2.74. The Labute approximate surface area is 107 Å². The summed E-state index contributed by atoms with van der Waals surface area (Å²) in [5, 5.41) is 0.652. The molecule has 1 fully saturated rings. The molecule has 4 heteroatoms. The van der Waals surface area contributed by atoms with Crippen LogP contribution in [0, 0.1) is 0 Å². The predicted molar refractivity (Wildman–Crippen MR) is 70.0 cm³/mol. The lowest BCUT2D eigenvalue weighted by Crippen LogP contribution is -2.38. The van der Waals surface area contributed by atoms with Crippen molar-refractivity contribution in [1.82, 2.24) is 4.90 Å². The van der Waals surface area contributed by atoms with Crippen molar-refractivity contribution >= 4 is 29.7 Å². The third-order valence-corrected chi connectivity index (χ3v) is 3.76. The van der Waals surface area contributed by atoms with Crippen LogP contribution in [-0.4, -0.2) is 23.5 Å². The number of fused-ring (bicyclic) bond motifs is 2. The van der Waals surface area contributed by atoms with Crippen molar-refractivity contribution in [3.05, 3.63) is 35.4 Å². The molecule has 2 heterocycles. The lowest BCUT2D eigenvalue weighted by molar-refractivity contribution is -0.0457. The minimum absolute atomic E-state index is 0. The van der Waals surface area contributed by atoms with E-state index in [9.17, 15) is 0 Å². The number of hydrogen-bond donors (Lipinski definition) is 0. The fourth-order valence-electron chi connectivity index (χ4n) is 2.66. The minimum atomic E-state index is -0.256. The molecule has 0 aliphatic carbocycles. The summed E-state index contributed by atoms with van der Waals surface area (Å²) < 4.78 is 5.95. The maximum atomic E-state index is 5.95. The van der Waals surface area contributed by atoms with E-state index >= 15 is 0 Å². The van der Waals surface area contributed by atoms with Crippen molar-refractivity contribution in [3.8, 4) is 0 Å². The lowest BCUT2D eigenvalue weighted by Gasteiger charge is -2.31. The summed E-state index contributed by atoms with van der Waals surface area (Å²) in [6, 6.07) is 8.27. The van der Waals surface area contributed by atoms with Gasteiger partial charge in [-0.05, 0) is 31.8 Å². The summed E-state index contributed by atoms with van der Waals surface area (Å²) in [5.74, 6) is 0. The number of thiocarbonyl (C=S) groups is 1. The quantitative estimate of drug-likeness (QED) is 0.662. The molecule has 2 aliphatic rings. The first-order valence-electron chi connectivity index (χ1n) is 5.28. The van der Waals surface area contributed by atoms with E-state index in [1.165, 1.54) is 12.0 Å². The van der Waals surface area contributed by atoms with Crippen LogP contribution in [0.3, 0.4) is 0 Å². The Hall–Kier alpha value is -0.640. The molecule has 0 N–H and O–H groups in total. The van der Waals surface area contributed by atoms with Crippen molar-refractivity contribution in [2.45, 2.75) is 18.6 Å². The number of nitrogens with zero attached hydrogens (tertiary/aromatic N) is 1. The van der Waals surface area contributed by atoms with Gasteiger partial charge in [-0.3, -0.25) is 4.90 Å². The second-order valence-electron chi connectivity index (χ2n) is 4.24. The largest absolute Gasteiger partial charge is 0.457 e. The highest BCUT2D eigenvalue weighted by Gasteiger charge is 2.49. The summed E-state index contributed by atoms with van der Waals surface area (Å²) in [6.07, 6.45) is 2.22. The minimum Gasteiger partial charge on any atom is -0.457 e. The maximum absolute atomic E-state index is 5.95. The number of rotatable bonds is 0. The van der Waals surface area contributed by atoms with Crippen LogP contribution < -0.4 is 0 Å². The van der Waals surface area contributed by atoms with Crippen LogP contribution in [0.25, 0.3) is 0 Å². The molecule has 1 spiro atoms. The predicted octanol–water partition coefficient (Wildman–Crippen LogP) is 2.69. The molecular formula is C12H14ClNOS. The van der Waals surface area contributed by atoms with Crippen LogP contribution in [0.5, 0.6) is 0 Å². The standard InChI is InChI=1S/C12H13NOS.ClH/c1-13-8-4-7-12(13)10-6-3-2-5-9(10)11(15)14-12;/h2-3,5-6H,4,7-8H2,1H3;1H. The fraction of sp³-hybridized carbons (Fsp3) is 0.417. The Bertz CT molecular complexity index is 437. The van der Waals surface area contributed by atoms with Crippen molar-refractivity contribution in [3.63, 3.8) is 0 Å². The molecule has 1 aromatic rings. The average molecular weight is 256 g/mol. The Morgan fingerprint density at radius 1 is 1.38 bits per heavy atom. The number of benzene rings is 1. The van der Waals surface area contributed by atoms with E-state index in [0.29, 0.717) is 5.05 Å². The zero-order valence-electron chi connectivity index (χ0n) is 9.10. The third-order valence-electron chi connectivity index (χ3n) is 3.46. The molecule has 0 radical (unpaired) electrons. The monoisotopic (exact) mass is 255 g/mol. The van der Waals surface area contributed by atoms with E-state index < -0.39 is 0 Å². The van der Waals surface area contributed by atoms with Crippen LogP contribution in [0.4, 0.5) is 0 Å². The summed E-state index contributed by atoms with van der Waals surface area (Å²) in [7, 11) is 2.11. The van der Waals surface area contributed by atoms with Crippen molar-refractivity contribution in [1.29, 1.82) is 0 Å². The van der Waals surface area contributed by atoms with Gasteiger partial charge in [0.15, 0.2) is 10.8 Å². The fourth-order valence-corrected chi connectivity index (χ4v) is 2.98. The molecule has 0 aromatic heterocycles.